The van der Waals surface area contributed by atoms with Crippen LogP contribution >= 0.6 is 11.6 Å². The van der Waals surface area contributed by atoms with Crippen LogP contribution in [0.2, 0.25) is 5.02 Å². The Kier molecular flexibility index (Phi) is 6.32. The third kappa shape index (κ3) is 4.74. The van der Waals surface area contributed by atoms with Gasteiger partial charge in [0.15, 0.2) is 11.6 Å². The summed E-state index contributed by atoms with van der Waals surface area (Å²) in [6, 6.07) is 17.7. The molecule has 1 aliphatic rings. The summed E-state index contributed by atoms with van der Waals surface area (Å²) in [6.45, 7) is 1.08. The molecule has 0 saturated heterocycles. The van der Waals surface area contributed by atoms with Crippen LogP contribution in [0.25, 0.3) is 22.4 Å². The molecule has 0 spiro atoms. The average Bonchev–Trinajstić information content (AvgIpc) is 3.16. The van der Waals surface area contributed by atoms with Gasteiger partial charge in [0.25, 0.3) is 0 Å². The molecule has 1 aliphatic carbocycles. The topological polar surface area (TPSA) is 27.1 Å². The predicted octanol–water partition coefficient (Wildman–Crippen LogP) is 7.79. The quantitative estimate of drug-likeness (QED) is 0.290. The molecule has 4 aromatic rings. The van der Waals surface area contributed by atoms with Crippen LogP contribution in [0.4, 0.5) is 8.78 Å². The van der Waals surface area contributed by atoms with Crippen LogP contribution in [-0.4, -0.2) is 9.55 Å². The number of nitrogens with zero attached hydrogens (tertiary/aromatic N) is 2. The van der Waals surface area contributed by atoms with E-state index in [9.17, 15) is 8.78 Å². The van der Waals surface area contributed by atoms with Gasteiger partial charge in [-0.1, -0.05) is 61.2 Å². The van der Waals surface area contributed by atoms with Crippen LogP contribution in [0.15, 0.2) is 60.7 Å². The van der Waals surface area contributed by atoms with E-state index in [4.69, 9.17) is 21.3 Å². The van der Waals surface area contributed by atoms with Gasteiger partial charge in [-0.2, -0.15) is 0 Å². The van der Waals surface area contributed by atoms with Crippen LogP contribution in [0.3, 0.4) is 0 Å². The van der Waals surface area contributed by atoms with Gasteiger partial charge in [-0.3, -0.25) is 0 Å². The van der Waals surface area contributed by atoms with Crippen molar-refractivity contribution in [2.75, 3.05) is 0 Å². The van der Waals surface area contributed by atoms with Crippen molar-refractivity contribution in [3.63, 3.8) is 0 Å². The lowest BCUT2D eigenvalue weighted by Crippen LogP contribution is -2.15. The zero-order valence-electron chi connectivity index (χ0n) is 18.2. The molecule has 1 heterocycles. The molecule has 6 heteroatoms. The number of aromatic nitrogens is 2. The van der Waals surface area contributed by atoms with Gasteiger partial charge in [-0.25, -0.2) is 13.8 Å². The zero-order valence-corrected chi connectivity index (χ0v) is 19.0. The smallest absolute Gasteiger partial charge is 0.161 e. The molecule has 0 N–H and O–H groups in total. The molecule has 0 atom stereocenters. The summed E-state index contributed by atoms with van der Waals surface area (Å²) in [7, 11) is 0. The van der Waals surface area contributed by atoms with Gasteiger partial charge < -0.3 is 9.30 Å². The third-order valence-electron chi connectivity index (χ3n) is 6.38. The van der Waals surface area contributed by atoms with E-state index in [1.54, 1.807) is 12.1 Å². The highest BCUT2D eigenvalue weighted by Crippen LogP contribution is 2.37. The van der Waals surface area contributed by atoms with Crippen LogP contribution < -0.4 is 4.74 Å². The Bertz CT molecular complexity index is 1270. The van der Waals surface area contributed by atoms with E-state index in [1.165, 1.54) is 31.4 Å². The van der Waals surface area contributed by atoms with Crippen molar-refractivity contribution < 1.29 is 13.5 Å². The molecule has 0 radical (unpaired) electrons. The first-order chi connectivity index (χ1) is 16.1. The third-order valence-corrected chi connectivity index (χ3v) is 6.61. The van der Waals surface area contributed by atoms with E-state index in [0.29, 0.717) is 46.7 Å². The fourth-order valence-electron chi connectivity index (χ4n) is 4.67. The minimum absolute atomic E-state index is 0.375. The molecule has 0 aliphatic heterocycles. The minimum atomic E-state index is -0.895. The summed E-state index contributed by atoms with van der Waals surface area (Å²) in [5, 5.41) is 0.550. The summed E-state index contributed by atoms with van der Waals surface area (Å²) in [5.74, 6) is -0.0553. The molecule has 0 bridgehead atoms. The van der Waals surface area contributed by atoms with Crippen molar-refractivity contribution in [3.05, 3.63) is 82.9 Å². The van der Waals surface area contributed by atoms with Crippen molar-refractivity contribution in [3.8, 4) is 17.1 Å². The number of fused-ring (bicyclic) bond motifs is 1. The summed E-state index contributed by atoms with van der Waals surface area (Å²) >= 11 is 6.30. The van der Waals surface area contributed by atoms with Crippen molar-refractivity contribution in [1.82, 2.24) is 9.55 Å². The largest absolute Gasteiger partial charge is 0.488 e. The monoisotopic (exact) mass is 466 g/mol. The lowest BCUT2D eigenvalue weighted by atomic mass is 9.89. The first-order valence-electron chi connectivity index (χ1n) is 11.4. The summed E-state index contributed by atoms with van der Waals surface area (Å²) in [6.07, 6.45) is 5.90. The number of halogens is 3. The molecule has 1 saturated carbocycles. The van der Waals surface area contributed by atoms with E-state index in [-0.39, 0.29) is 0 Å². The summed E-state index contributed by atoms with van der Waals surface area (Å²) in [4.78, 5) is 4.73. The van der Waals surface area contributed by atoms with Gasteiger partial charge in [0.2, 0.25) is 0 Å². The second-order valence-corrected chi connectivity index (χ2v) is 9.16. The number of benzene rings is 3. The molecule has 5 rings (SSSR count). The lowest BCUT2D eigenvalue weighted by molar-refractivity contribution is 0.306. The second kappa shape index (κ2) is 9.52. The molecular weight excluding hydrogens is 442 g/mol. The van der Waals surface area contributed by atoms with Crippen molar-refractivity contribution in [1.29, 1.82) is 0 Å². The molecule has 0 unspecified atom stereocenters. The Labute approximate surface area is 197 Å². The van der Waals surface area contributed by atoms with Crippen molar-refractivity contribution in [2.45, 2.75) is 45.3 Å². The highest BCUT2D eigenvalue weighted by molar-refractivity contribution is 6.30. The van der Waals surface area contributed by atoms with Gasteiger partial charge in [0.1, 0.15) is 18.2 Å². The van der Waals surface area contributed by atoms with Crippen LogP contribution in [-0.2, 0) is 13.2 Å². The minimum Gasteiger partial charge on any atom is -0.488 e. The fraction of sp³-hybridized carbons (Fsp3) is 0.296. The standard InChI is InChI=1S/C27H25ClF2N2O/c28-20-11-12-21(26(13-20)33-17-19-9-5-2-6-10-19)27-31-24-14-22(29)23(30)15-25(24)32(27)16-18-7-3-1-4-8-18/h2,5-6,9-15,18H,1,3-4,7-8,16-17H2. The molecule has 170 valence electrons. The number of hydrogen-bond acceptors (Lipinski definition) is 2. The van der Waals surface area contributed by atoms with E-state index < -0.39 is 11.6 Å². The molecule has 3 nitrogen and oxygen atoms in total. The normalized spacial score (nSPS) is 14.6. The zero-order chi connectivity index (χ0) is 22.8. The van der Waals surface area contributed by atoms with Crippen LogP contribution in [0, 0.1) is 17.6 Å². The van der Waals surface area contributed by atoms with E-state index >= 15 is 0 Å². The Morgan fingerprint density at radius 3 is 2.48 bits per heavy atom. The predicted molar refractivity (Wildman–Crippen MR) is 127 cm³/mol. The number of imidazole rings is 1. The van der Waals surface area contributed by atoms with Gasteiger partial charge in [0, 0.05) is 23.7 Å². The maximum absolute atomic E-state index is 14.2. The van der Waals surface area contributed by atoms with E-state index in [0.717, 1.165) is 24.0 Å². The van der Waals surface area contributed by atoms with Gasteiger partial charge >= 0.3 is 0 Å². The average molecular weight is 467 g/mol. The Morgan fingerprint density at radius 1 is 0.939 bits per heavy atom. The lowest BCUT2D eigenvalue weighted by Gasteiger charge is -2.23. The van der Waals surface area contributed by atoms with Crippen molar-refractivity contribution in [2.24, 2.45) is 5.92 Å². The van der Waals surface area contributed by atoms with Crippen LogP contribution in [0.1, 0.15) is 37.7 Å². The molecular formula is C27H25ClF2N2O. The molecule has 3 aromatic carbocycles. The van der Waals surface area contributed by atoms with Crippen LogP contribution in [0.5, 0.6) is 5.75 Å². The number of rotatable bonds is 6. The highest BCUT2D eigenvalue weighted by Gasteiger charge is 2.22. The Balaban J connectivity index is 1.59. The second-order valence-electron chi connectivity index (χ2n) is 8.72. The number of ether oxygens (including phenoxy) is 1. The van der Waals surface area contributed by atoms with Gasteiger partial charge in [-0.05, 0) is 42.5 Å². The van der Waals surface area contributed by atoms with E-state index in [2.05, 4.69) is 0 Å². The molecule has 1 aromatic heterocycles. The molecule has 0 amide bonds. The Morgan fingerprint density at radius 2 is 1.70 bits per heavy atom. The van der Waals surface area contributed by atoms with E-state index in [1.807, 2.05) is 41.0 Å². The van der Waals surface area contributed by atoms with Gasteiger partial charge in [0.05, 0.1) is 16.6 Å². The van der Waals surface area contributed by atoms with Gasteiger partial charge in [-0.15, -0.1) is 0 Å². The molecule has 33 heavy (non-hydrogen) atoms. The maximum Gasteiger partial charge on any atom is 0.161 e. The molecule has 1 fully saturated rings. The maximum atomic E-state index is 14.2. The SMILES string of the molecule is Fc1cc2nc(-c3ccc(Cl)cc3OCc3ccccc3)n(CC3CCCCC3)c2cc1F. The highest BCUT2D eigenvalue weighted by atomic mass is 35.5. The van der Waals surface area contributed by atoms with Crippen molar-refractivity contribution >= 4 is 22.6 Å². The summed E-state index contributed by atoms with van der Waals surface area (Å²) in [5.41, 5.74) is 2.81. The fourth-order valence-corrected chi connectivity index (χ4v) is 4.84. The first kappa shape index (κ1) is 21.9. The number of hydrogen-bond donors (Lipinski definition) is 0. The first-order valence-corrected chi connectivity index (χ1v) is 11.8. The Hall–Kier alpha value is -2.92. The summed E-state index contributed by atoms with van der Waals surface area (Å²) < 4.78 is 36.4.